The lowest BCUT2D eigenvalue weighted by Crippen LogP contribution is -2.10. The molecule has 0 unspecified atom stereocenters. The lowest BCUT2D eigenvalue weighted by Gasteiger charge is -2.15. The van der Waals surface area contributed by atoms with Crippen LogP contribution in [0.4, 0.5) is 0 Å². The van der Waals surface area contributed by atoms with Crippen molar-refractivity contribution in [2.45, 2.75) is 0 Å². The molecular weight excluding hydrogens is 1450 g/mol. The predicted molar refractivity (Wildman–Crippen MR) is 493 cm³/mol. The number of benzene rings is 16. The van der Waals surface area contributed by atoms with Crippen LogP contribution in [0.25, 0.3) is 206 Å². The highest BCUT2D eigenvalue weighted by Gasteiger charge is 2.23. The Bertz CT molecular complexity index is 7260. The maximum absolute atomic E-state index is 5.39. The highest BCUT2D eigenvalue weighted by Crippen LogP contribution is 2.41. The first-order chi connectivity index (χ1) is 59.0. The summed E-state index contributed by atoms with van der Waals surface area (Å²) in [7, 11) is 0. The largest absolute Gasteiger partial charge is 0.309 e. The number of para-hydroxylation sites is 10. The van der Waals surface area contributed by atoms with Gasteiger partial charge in [-0.15, -0.1) is 0 Å². The molecule has 0 atom stereocenters. The molecule has 0 N–H and O–H groups in total. The van der Waals surface area contributed by atoms with E-state index in [0.717, 1.165) is 112 Å². The minimum atomic E-state index is 0.628. The first-order valence-electron chi connectivity index (χ1n) is 40.2. The van der Waals surface area contributed by atoms with Crippen LogP contribution in [0.2, 0.25) is 0 Å². The summed E-state index contributed by atoms with van der Waals surface area (Å²) < 4.78 is 11.5. The standard InChI is InChI=1S/C40H25N5.C40H27N3.C29H20N2/c1-7-19-32-26(13-1)27-14-2-8-20-33(27)43(32)38-25-39(44-34-21-9-3-15-28(34)29-16-4-10-22-35(29)44)42-40(41-38)45-36-23-11-5-17-30(36)31-18-6-12-24-37(31)45;1-3-11-30(12-4-1)36-27-37(31-13-5-2-6-14-31)42-40(41-36)32-21-19-28(20-22-32)29-23-25-33(26-24-29)43-38-17-9-7-15-34(38)35-16-8-10-18-39(35)43;1-3-11-21(12-4-1)26-19-23(20-27(30-26)22-13-5-2-6-14-22)31-28-17-9-7-15-24(28)25-16-8-10-18-29(25)31/h1-25H;1-27H;1-20H. The van der Waals surface area contributed by atoms with Crippen molar-refractivity contribution in [3.8, 4) is 96.5 Å². The Hall–Kier alpha value is -16.2. The molecular formula is C109H72N10. The monoisotopic (exact) mass is 1520 g/mol. The SMILES string of the molecule is c1ccc(-c2cc(-c3ccccc3)nc(-c3ccc(-c4ccc(-n5c6ccccc6c6ccccc65)cc4)cc3)n2)cc1.c1ccc(-c2cc(-n3c4ccccc4c4ccccc43)cc(-c3ccccc3)n2)cc1.c1ccc2c(c1)c1ccccc1n2-c1cc(-n2c3ccccc3c3ccccc32)nc(-n2c3ccccc3c3ccccc32)n1. The summed E-state index contributed by atoms with van der Waals surface area (Å²) >= 11 is 0. The molecule has 8 heterocycles. The average molecular weight is 1520 g/mol. The lowest BCUT2D eigenvalue weighted by molar-refractivity contribution is 0.918. The summed E-state index contributed by atoms with van der Waals surface area (Å²) in [6.07, 6.45) is 0. The van der Waals surface area contributed by atoms with Crippen LogP contribution in [-0.4, -0.2) is 47.8 Å². The van der Waals surface area contributed by atoms with Crippen molar-refractivity contribution in [1.29, 1.82) is 0 Å². The Morgan fingerprint density at radius 3 is 0.664 bits per heavy atom. The van der Waals surface area contributed by atoms with Gasteiger partial charge >= 0.3 is 0 Å². The zero-order valence-electron chi connectivity index (χ0n) is 64.5. The number of hydrogen-bond acceptors (Lipinski definition) is 5. The van der Waals surface area contributed by atoms with Gasteiger partial charge in [-0.2, -0.15) is 9.97 Å². The second-order valence-electron chi connectivity index (χ2n) is 29.9. The predicted octanol–water partition coefficient (Wildman–Crippen LogP) is 27.5. The molecule has 0 fully saturated rings. The van der Waals surface area contributed by atoms with E-state index in [1.165, 1.54) is 81.5 Å². The molecule has 0 saturated carbocycles. The van der Waals surface area contributed by atoms with E-state index in [4.69, 9.17) is 24.9 Å². The molecule has 10 nitrogen and oxygen atoms in total. The Morgan fingerprint density at radius 1 is 0.143 bits per heavy atom. The summed E-state index contributed by atoms with van der Waals surface area (Å²) in [5.74, 6) is 2.98. The topological polar surface area (TPSA) is 89.1 Å². The first-order valence-corrected chi connectivity index (χ1v) is 40.2. The van der Waals surface area contributed by atoms with Crippen molar-refractivity contribution in [3.05, 3.63) is 437 Å². The van der Waals surface area contributed by atoms with Gasteiger partial charge in [-0.3, -0.25) is 13.7 Å². The molecule has 10 heteroatoms. The quantitative estimate of drug-likeness (QED) is 0.129. The zero-order valence-corrected chi connectivity index (χ0v) is 64.5. The molecule has 0 aliphatic rings. The number of hydrogen-bond donors (Lipinski definition) is 0. The van der Waals surface area contributed by atoms with Crippen molar-refractivity contribution >= 4 is 109 Å². The maximum Gasteiger partial charge on any atom is 0.238 e. The van der Waals surface area contributed by atoms with Gasteiger partial charge in [0, 0.05) is 93.4 Å². The molecule has 24 aromatic rings. The first kappa shape index (κ1) is 69.5. The second-order valence-corrected chi connectivity index (χ2v) is 29.9. The molecule has 0 amide bonds. The van der Waals surface area contributed by atoms with Crippen molar-refractivity contribution in [3.63, 3.8) is 0 Å². The van der Waals surface area contributed by atoms with Crippen LogP contribution in [-0.2, 0) is 0 Å². The van der Waals surface area contributed by atoms with Gasteiger partial charge < -0.3 is 9.13 Å². The summed E-state index contributed by atoms with van der Waals surface area (Å²) in [5, 5.41) is 12.2. The third kappa shape index (κ3) is 12.4. The van der Waals surface area contributed by atoms with E-state index in [1.54, 1.807) is 0 Å². The molecule has 119 heavy (non-hydrogen) atoms. The van der Waals surface area contributed by atoms with Crippen LogP contribution in [0, 0.1) is 0 Å². The molecule has 0 saturated heterocycles. The van der Waals surface area contributed by atoms with Gasteiger partial charge in [-0.05, 0) is 102 Å². The van der Waals surface area contributed by atoms with E-state index in [9.17, 15) is 0 Å². The Balaban J connectivity index is 0.000000109. The molecule has 24 rings (SSSR count). The zero-order chi connectivity index (χ0) is 78.7. The molecule has 16 aromatic carbocycles. The third-order valence-corrected chi connectivity index (χ3v) is 22.9. The molecule has 8 aromatic heterocycles. The van der Waals surface area contributed by atoms with Crippen molar-refractivity contribution in [2.24, 2.45) is 0 Å². The fraction of sp³-hybridized carbons (Fsp3) is 0. The van der Waals surface area contributed by atoms with Crippen LogP contribution < -0.4 is 0 Å². The number of aromatic nitrogens is 10. The fourth-order valence-corrected chi connectivity index (χ4v) is 17.5. The van der Waals surface area contributed by atoms with Crippen LogP contribution in [0.5, 0.6) is 0 Å². The highest BCUT2D eigenvalue weighted by atomic mass is 15.2. The smallest absolute Gasteiger partial charge is 0.238 e. The third-order valence-electron chi connectivity index (χ3n) is 22.9. The van der Waals surface area contributed by atoms with E-state index < -0.39 is 0 Å². The van der Waals surface area contributed by atoms with Gasteiger partial charge in [-0.25, -0.2) is 15.0 Å². The fourth-order valence-electron chi connectivity index (χ4n) is 17.5. The molecule has 0 aliphatic heterocycles. The number of pyridine rings is 1. The van der Waals surface area contributed by atoms with Gasteiger partial charge in [0.05, 0.1) is 83.6 Å². The summed E-state index contributed by atoms with van der Waals surface area (Å²) in [4.78, 5) is 25.8. The second kappa shape index (κ2) is 29.7. The van der Waals surface area contributed by atoms with E-state index in [2.05, 4.69) is 411 Å². The normalized spacial score (nSPS) is 11.5. The highest BCUT2D eigenvalue weighted by molar-refractivity contribution is 6.13. The molecule has 0 radical (unpaired) electrons. The molecule has 558 valence electrons. The minimum absolute atomic E-state index is 0.628. The Morgan fingerprint density at radius 2 is 0.370 bits per heavy atom. The van der Waals surface area contributed by atoms with Crippen molar-refractivity contribution < 1.29 is 0 Å². The van der Waals surface area contributed by atoms with Gasteiger partial charge in [0.2, 0.25) is 5.95 Å². The molecule has 0 bridgehead atoms. The maximum atomic E-state index is 5.39. The van der Waals surface area contributed by atoms with Crippen LogP contribution in [0.1, 0.15) is 0 Å². The average Bonchev–Trinajstić information content (AvgIpc) is 1.44. The van der Waals surface area contributed by atoms with Crippen LogP contribution in [0.3, 0.4) is 0 Å². The van der Waals surface area contributed by atoms with Crippen LogP contribution >= 0.6 is 0 Å². The van der Waals surface area contributed by atoms with Gasteiger partial charge in [0.15, 0.2) is 5.82 Å². The van der Waals surface area contributed by atoms with E-state index in [1.807, 2.05) is 48.5 Å². The molecule has 0 aliphatic carbocycles. The van der Waals surface area contributed by atoms with Crippen molar-refractivity contribution in [2.75, 3.05) is 0 Å². The number of nitrogens with zero attached hydrogens (tertiary/aromatic N) is 10. The lowest BCUT2D eigenvalue weighted by atomic mass is 10.0. The van der Waals surface area contributed by atoms with Gasteiger partial charge in [-0.1, -0.05) is 340 Å². The minimum Gasteiger partial charge on any atom is -0.309 e. The van der Waals surface area contributed by atoms with Crippen LogP contribution in [0.15, 0.2) is 437 Å². The van der Waals surface area contributed by atoms with E-state index >= 15 is 0 Å². The van der Waals surface area contributed by atoms with Gasteiger partial charge in [0.25, 0.3) is 0 Å². The van der Waals surface area contributed by atoms with E-state index in [-0.39, 0.29) is 0 Å². The number of fused-ring (bicyclic) bond motifs is 15. The summed E-state index contributed by atoms with van der Waals surface area (Å²) in [5.41, 5.74) is 25.1. The summed E-state index contributed by atoms with van der Waals surface area (Å²) in [6, 6.07) is 153. The number of rotatable bonds is 11. The van der Waals surface area contributed by atoms with Gasteiger partial charge in [0.1, 0.15) is 11.6 Å². The summed E-state index contributed by atoms with van der Waals surface area (Å²) in [6.45, 7) is 0. The Labute approximate surface area is 685 Å². The van der Waals surface area contributed by atoms with E-state index in [0.29, 0.717) is 11.8 Å². The Kier molecular flexibility index (Phi) is 17.3. The molecule has 0 spiro atoms. The van der Waals surface area contributed by atoms with Crippen molar-refractivity contribution in [1.82, 2.24) is 47.8 Å².